The lowest BCUT2D eigenvalue weighted by Crippen LogP contribution is -2.40. The molecule has 1 fully saturated rings. The minimum Gasteiger partial charge on any atom is -0.338 e. The van der Waals surface area contributed by atoms with Crippen molar-refractivity contribution >= 4 is 23.7 Å². The predicted octanol–water partition coefficient (Wildman–Crippen LogP) is 2.68. The molecule has 2 N–H and O–H groups in total. The van der Waals surface area contributed by atoms with Crippen molar-refractivity contribution in [2.75, 3.05) is 12.3 Å². The zero-order chi connectivity index (χ0) is 13.2. The maximum Gasteiger partial charge on any atom is 0.321 e. The summed E-state index contributed by atoms with van der Waals surface area (Å²) in [4.78, 5) is 22.9. The third-order valence-electron chi connectivity index (χ3n) is 3.07. The summed E-state index contributed by atoms with van der Waals surface area (Å²) in [5.41, 5.74) is 0. The molecule has 0 unspecified atom stereocenters. The molecule has 3 amide bonds. The van der Waals surface area contributed by atoms with Gasteiger partial charge in [0.15, 0.2) is 0 Å². The van der Waals surface area contributed by atoms with Crippen LogP contribution in [0.2, 0.25) is 0 Å². The van der Waals surface area contributed by atoms with E-state index in [2.05, 4.69) is 17.6 Å². The monoisotopic (exact) mass is 272 g/mol. The van der Waals surface area contributed by atoms with Gasteiger partial charge >= 0.3 is 6.03 Å². The van der Waals surface area contributed by atoms with Crippen LogP contribution in [0.3, 0.4) is 0 Å². The van der Waals surface area contributed by atoms with E-state index >= 15 is 0 Å². The van der Waals surface area contributed by atoms with E-state index < -0.39 is 0 Å². The number of carbonyl (C=O) groups excluding carboxylic acids is 2. The van der Waals surface area contributed by atoms with Gasteiger partial charge in [0.25, 0.3) is 0 Å². The van der Waals surface area contributed by atoms with E-state index in [1.165, 1.54) is 32.1 Å². The molecule has 0 aromatic carbocycles. The first kappa shape index (κ1) is 15.3. The summed E-state index contributed by atoms with van der Waals surface area (Å²) in [6, 6.07) is -0.363. The van der Waals surface area contributed by atoms with E-state index in [0.717, 1.165) is 12.8 Å². The Morgan fingerprint density at radius 1 is 1.22 bits per heavy atom. The van der Waals surface area contributed by atoms with Crippen LogP contribution in [0.15, 0.2) is 0 Å². The number of imide groups is 1. The highest BCUT2D eigenvalue weighted by molar-refractivity contribution is 8.00. The van der Waals surface area contributed by atoms with Crippen molar-refractivity contribution < 1.29 is 9.59 Å². The highest BCUT2D eigenvalue weighted by Gasteiger charge is 2.16. The SMILES string of the molecule is CCCCNC(=O)NC(=O)CSC1CCCCC1. The molecule has 104 valence electrons. The molecule has 1 aliphatic carbocycles. The van der Waals surface area contributed by atoms with Gasteiger partial charge in [0.05, 0.1) is 5.75 Å². The molecule has 0 aromatic rings. The standard InChI is InChI=1S/C13H24N2O2S/c1-2-3-9-14-13(17)15-12(16)10-18-11-7-5-4-6-8-11/h11H,2-10H2,1H3,(H2,14,15,16,17). The number of hydrogen-bond acceptors (Lipinski definition) is 3. The van der Waals surface area contributed by atoms with E-state index in [1.54, 1.807) is 11.8 Å². The van der Waals surface area contributed by atoms with E-state index in [0.29, 0.717) is 17.5 Å². The highest BCUT2D eigenvalue weighted by Crippen LogP contribution is 2.27. The maximum absolute atomic E-state index is 11.5. The summed E-state index contributed by atoms with van der Waals surface area (Å²) in [5, 5.41) is 5.65. The van der Waals surface area contributed by atoms with Crippen LogP contribution in [-0.4, -0.2) is 29.5 Å². The molecule has 0 bridgehead atoms. The molecule has 5 heteroatoms. The van der Waals surface area contributed by atoms with E-state index in [1.807, 2.05) is 0 Å². The summed E-state index contributed by atoms with van der Waals surface area (Å²) in [6.45, 7) is 2.69. The van der Waals surface area contributed by atoms with Gasteiger partial charge in [0.2, 0.25) is 5.91 Å². The van der Waals surface area contributed by atoms with Crippen molar-refractivity contribution in [2.24, 2.45) is 0 Å². The number of unbranched alkanes of at least 4 members (excludes halogenated alkanes) is 1. The Bertz CT molecular complexity index is 266. The number of rotatable bonds is 6. The van der Waals surface area contributed by atoms with Crippen LogP contribution in [0.1, 0.15) is 51.9 Å². The van der Waals surface area contributed by atoms with Gasteiger partial charge in [-0.1, -0.05) is 32.6 Å². The van der Waals surface area contributed by atoms with Crippen molar-refractivity contribution in [2.45, 2.75) is 57.1 Å². The number of amides is 3. The van der Waals surface area contributed by atoms with E-state index in [4.69, 9.17) is 0 Å². The number of carbonyl (C=O) groups is 2. The first-order valence-electron chi connectivity index (χ1n) is 6.91. The Morgan fingerprint density at radius 3 is 2.61 bits per heavy atom. The molecule has 0 atom stereocenters. The Hall–Kier alpha value is -0.710. The normalized spacial score (nSPS) is 16.3. The van der Waals surface area contributed by atoms with Crippen molar-refractivity contribution in [3.05, 3.63) is 0 Å². The van der Waals surface area contributed by atoms with Gasteiger partial charge in [-0.25, -0.2) is 4.79 Å². The summed E-state index contributed by atoms with van der Waals surface area (Å²) >= 11 is 1.68. The number of hydrogen-bond donors (Lipinski definition) is 2. The zero-order valence-electron chi connectivity index (χ0n) is 11.2. The molecule has 1 aliphatic rings. The van der Waals surface area contributed by atoms with Crippen LogP contribution in [0, 0.1) is 0 Å². The lowest BCUT2D eigenvalue weighted by molar-refractivity contribution is -0.117. The molecule has 18 heavy (non-hydrogen) atoms. The lowest BCUT2D eigenvalue weighted by atomic mass is 10.0. The molecule has 0 spiro atoms. The minimum atomic E-state index is -0.363. The summed E-state index contributed by atoms with van der Waals surface area (Å²) in [7, 11) is 0. The first-order valence-corrected chi connectivity index (χ1v) is 7.96. The van der Waals surface area contributed by atoms with Crippen LogP contribution in [0.5, 0.6) is 0 Å². The second kappa shape index (κ2) is 9.25. The fourth-order valence-corrected chi connectivity index (χ4v) is 3.14. The summed E-state index contributed by atoms with van der Waals surface area (Å²) < 4.78 is 0. The molecular formula is C13H24N2O2S. The van der Waals surface area contributed by atoms with E-state index in [-0.39, 0.29) is 11.9 Å². The topological polar surface area (TPSA) is 58.2 Å². The van der Waals surface area contributed by atoms with Crippen molar-refractivity contribution in [1.29, 1.82) is 0 Å². The van der Waals surface area contributed by atoms with Crippen LogP contribution < -0.4 is 10.6 Å². The van der Waals surface area contributed by atoms with Crippen molar-refractivity contribution in [3.63, 3.8) is 0 Å². The molecular weight excluding hydrogens is 248 g/mol. The number of nitrogens with one attached hydrogen (secondary N) is 2. The van der Waals surface area contributed by atoms with Gasteiger partial charge < -0.3 is 5.32 Å². The van der Waals surface area contributed by atoms with Crippen LogP contribution in [0.25, 0.3) is 0 Å². The number of thioether (sulfide) groups is 1. The fourth-order valence-electron chi connectivity index (χ4n) is 2.01. The summed E-state index contributed by atoms with van der Waals surface area (Å²) in [6.07, 6.45) is 8.27. The Morgan fingerprint density at radius 2 is 1.94 bits per heavy atom. The van der Waals surface area contributed by atoms with Crippen molar-refractivity contribution in [1.82, 2.24) is 10.6 Å². The molecule has 0 heterocycles. The average molecular weight is 272 g/mol. The van der Waals surface area contributed by atoms with Crippen LogP contribution in [0.4, 0.5) is 4.79 Å². The van der Waals surface area contributed by atoms with Gasteiger partial charge in [-0.3, -0.25) is 10.1 Å². The largest absolute Gasteiger partial charge is 0.338 e. The summed E-state index contributed by atoms with van der Waals surface area (Å²) in [5.74, 6) is 0.214. The molecule has 1 saturated carbocycles. The van der Waals surface area contributed by atoms with Gasteiger partial charge in [0.1, 0.15) is 0 Å². The smallest absolute Gasteiger partial charge is 0.321 e. The minimum absolute atomic E-state index is 0.181. The highest BCUT2D eigenvalue weighted by atomic mass is 32.2. The van der Waals surface area contributed by atoms with E-state index in [9.17, 15) is 9.59 Å². The Kier molecular flexibility index (Phi) is 7.89. The average Bonchev–Trinajstić information content (AvgIpc) is 2.38. The molecule has 0 aliphatic heterocycles. The first-order chi connectivity index (χ1) is 8.72. The lowest BCUT2D eigenvalue weighted by Gasteiger charge is -2.20. The Labute approximate surface area is 114 Å². The Balaban J connectivity index is 2.06. The molecule has 0 radical (unpaired) electrons. The third-order valence-corrected chi connectivity index (χ3v) is 4.44. The fraction of sp³-hybridized carbons (Fsp3) is 0.846. The molecule has 4 nitrogen and oxygen atoms in total. The zero-order valence-corrected chi connectivity index (χ0v) is 12.0. The second-order valence-corrected chi connectivity index (χ2v) is 6.02. The van der Waals surface area contributed by atoms with Gasteiger partial charge in [-0.05, 0) is 19.3 Å². The quantitative estimate of drug-likeness (QED) is 0.731. The van der Waals surface area contributed by atoms with Crippen LogP contribution in [-0.2, 0) is 4.79 Å². The molecule has 1 rings (SSSR count). The molecule has 0 saturated heterocycles. The third kappa shape index (κ3) is 6.89. The van der Waals surface area contributed by atoms with Crippen molar-refractivity contribution in [3.8, 4) is 0 Å². The number of urea groups is 1. The second-order valence-electron chi connectivity index (χ2n) is 4.73. The van der Waals surface area contributed by atoms with Crippen LogP contribution >= 0.6 is 11.8 Å². The van der Waals surface area contributed by atoms with Gasteiger partial charge in [-0.15, -0.1) is 11.8 Å². The maximum atomic E-state index is 11.5. The predicted molar refractivity (Wildman–Crippen MR) is 75.8 cm³/mol. The van der Waals surface area contributed by atoms with Gasteiger partial charge in [-0.2, -0.15) is 0 Å². The van der Waals surface area contributed by atoms with Gasteiger partial charge in [0, 0.05) is 11.8 Å². The molecule has 0 aromatic heterocycles.